The third kappa shape index (κ3) is 3.02. The second-order valence-corrected chi connectivity index (χ2v) is 6.20. The Morgan fingerprint density at radius 1 is 1.10 bits per heavy atom. The maximum absolute atomic E-state index is 11.4. The van der Waals surface area contributed by atoms with E-state index in [4.69, 9.17) is 0 Å². The fraction of sp³-hybridized carbons (Fsp3) is 0.368. The molecule has 0 amide bonds. The van der Waals surface area contributed by atoms with Crippen LogP contribution in [0.3, 0.4) is 0 Å². The van der Waals surface area contributed by atoms with Crippen molar-refractivity contribution in [1.29, 1.82) is 0 Å². The molecular formula is C19H23NO. The molecule has 1 atom stereocenters. The van der Waals surface area contributed by atoms with E-state index in [0.717, 1.165) is 16.7 Å². The summed E-state index contributed by atoms with van der Waals surface area (Å²) in [7, 11) is 0. The van der Waals surface area contributed by atoms with E-state index in [1.54, 1.807) is 0 Å². The van der Waals surface area contributed by atoms with Gasteiger partial charge in [-0.25, -0.2) is 0 Å². The van der Waals surface area contributed by atoms with Gasteiger partial charge in [0.1, 0.15) is 5.60 Å². The first kappa shape index (κ1) is 14.3. The van der Waals surface area contributed by atoms with E-state index in [0.29, 0.717) is 12.6 Å². The number of hydrogen-bond acceptors (Lipinski definition) is 2. The van der Waals surface area contributed by atoms with Gasteiger partial charge in [-0.2, -0.15) is 0 Å². The lowest BCUT2D eigenvalue weighted by molar-refractivity contribution is 0.0789. The molecule has 1 aliphatic rings. The predicted octanol–water partition coefficient (Wildman–Crippen LogP) is 3.29. The van der Waals surface area contributed by atoms with E-state index in [-0.39, 0.29) is 0 Å². The van der Waals surface area contributed by atoms with Crippen LogP contribution in [0.4, 0.5) is 0 Å². The normalized spacial score (nSPS) is 17.5. The fourth-order valence-corrected chi connectivity index (χ4v) is 2.92. The van der Waals surface area contributed by atoms with Gasteiger partial charge in [0.2, 0.25) is 0 Å². The van der Waals surface area contributed by atoms with Gasteiger partial charge in [0.15, 0.2) is 0 Å². The molecule has 2 N–H and O–H groups in total. The smallest absolute Gasteiger partial charge is 0.127 e. The fourth-order valence-electron chi connectivity index (χ4n) is 2.92. The third-order valence-electron chi connectivity index (χ3n) is 4.30. The average molecular weight is 281 g/mol. The summed E-state index contributed by atoms with van der Waals surface area (Å²) in [5.74, 6) is 0. The van der Waals surface area contributed by atoms with E-state index in [2.05, 4.69) is 37.4 Å². The van der Waals surface area contributed by atoms with Crippen molar-refractivity contribution in [3.05, 3.63) is 70.8 Å². The van der Waals surface area contributed by atoms with Crippen molar-refractivity contribution >= 4 is 0 Å². The molecule has 1 saturated carbocycles. The Kier molecular flexibility index (Phi) is 3.83. The van der Waals surface area contributed by atoms with Crippen LogP contribution in [0.15, 0.2) is 48.5 Å². The summed E-state index contributed by atoms with van der Waals surface area (Å²) in [6.45, 7) is 4.72. The summed E-state index contributed by atoms with van der Waals surface area (Å²) in [4.78, 5) is 0. The highest BCUT2D eigenvalue weighted by Gasteiger charge is 2.34. The minimum Gasteiger partial charge on any atom is -0.379 e. The number of nitrogens with one attached hydrogen (secondary N) is 1. The Morgan fingerprint density at radius 2 is 1.81 bits per heavy atom. The van der Waals surface area contributed by atoms with Crippen LogP contribution in [0.5, 0.6) is 0 Å². The van der Waals surface area contributed by atoms with Crippen molar-refractivity contribution in [2.45, 2.75) is 38.3 Å². The molecule has 1 unspecified atom stereocenters. The van der Waals surface area contributed by atoms with Gasteiger partial charge in [-0.05, 0) is 43.4 Å². The van der Waals surface area contributed by atoms with Gasteiger partial charge in [-0.1, -0.05) is 54.1 Å². The van der Waals surface area contributed by atoms with Crippen LogP contribution in [0, 0.1) is 13.8 Å². The largest absolute Gasteiger partial charge is 0.379 e. The minimum absolute atomic E-state index is 0.561. The zero-order valence-corrected chi connectivity index (χ0v) is 12.8. The van der Waals surface area contributed by atoms with E-state index >= 15 is 0 Å². The molecule has 1 aliphatic carbocycles. The number of hydrogen-bond donors (Lipinski definition) is 2. The molecule has 2 aromatic rings. The van der Waals surface area contributed by atoms with Gasteiger partial charge in [0, 0.05) is 12.6 Å². The van der Waals surface area contributed by atoms with Crippen molar-refractivity contribution in [2.75, 3.05) is 6.54 Å². The van der Waals surface area contributed by atoms with Crippen LogP contribution in [0.25, 0.3) is 0 Å². The van der Waals surface area contributed by atoms with Gasteiger partial charge in [0.25, 0.3) is 0 Å². The van der Waals surface area contributed by atoms with Crippen molar-refractivity contribution in [3.63, 3.8) is 0 Å². The zero-order valence-electron chi connectivity index (χ0n) is 12.8. The molecule has 0 saturated heterocycles. The van der Waals surface area contributed by atoms with Crippen molar-refractivity contribution < 1.29 is 5.11 Å². The predicted molar refractivity (Wildman–Crippen MR) is 86.4 cm³/mol. The van der Waals surface area contributed by atoms with Gasteiger partial charge in [-0.3, -0.25) is 0 Å². The van der Waals surface area contributed by atoms with Gasteiger partial charge >= 0.3 is 0 Å². The lowest BCUT2D eigenvalue weighted by Gasteiger charge is -2.31. The highest BCUT2D eigenvalue weighted by molar-refractivity contribution is 5.42. The zero-order chi connectivity index (χ0) is 14.9. The number of rotatable bonds is 5. The molecule has 0 spiro atoms. The Hall–Kier alpha value is -1.64. The molecular weight excluding hydrogens is 258 g/mol. The Labute approximate surface area is 126 Å². The Morgan fingerprint density at radius 3 is 2.43 bits per heavy atom. The first-order valence-electron chi connectivity index (χ1n) is 7.68. The van der Waals surface area contributed by atoms with Crippen molar-refractivity contribution in [2.24, 2.45) is 0 Å². The van der Waals surface area contributed by atoms with Crippen LogP contribution < -0.4 is 5.32 Å². The second-order valence-electron chi connectivity index (χ2n) is 6.20. The molecule has 0 radical (unpaired) electrons. The van der Waals surface area contributed by atoms with Gasteiger partial charge < -0.3 is 10.4 Å². The molecule has 1 fully saturated rings. The molecule has 0 aliphatic heterocycles. The molecule has 2 nitrogen and oxygen atoms in total. The van der Waals surface area contributed by atoms with Crippen molar-refractivity contribution in [3.8, 4) is 0 Å². The Bertz CT molecular complexity index is 619. The van der Waals surface area contributed by atoms with Gasteiger partial charge in [0.05, 0.1) is 0 Å². The summed E-state index contributed by atoms with van der Waals surface area (Å²) in [5, 5.41) is 14.9. The molecule has 3 rings (SSSR count). The quantitative estimate of drug-likeness (QED) is 0.881. The van der Waals surface area contributed by atoms with Crippen molar-refractivity contribution in [1.82, 2.24) is 5.32 Å². The standard InChI is InChI=1S/C19H23NO/c1-14-8-11-18(15(2)12-14)19(21,13-20-17-9-10-17)16-6-4-3-5-7-16/h3-8,11-12,17,20-21H,9-10,13H2,1-2H3. The highest BCUT2D eigenvalue weighted by atomic mass is 16.3. The number of aliphatic hydroxyl groups is 1. The van der Waals surface area contributed by atoms with Crippen LogP contribution in [0.1, 0.15) is 35.1 Å². The summed E-state index contributed by atoms with van der Waals surface area (Å²) >= 11 is 0. The van der Waals surface area contributed by atoms with E-state index in [9.17, 15) is 5.11 Å². The first-order chi connectivity index (χ1) is 10.1. The minimum atomic E-state index is -0.971. The maximum Gasteiger partial charge on any atom is 0.127 e. The van der Waals surface area contributed by atoms with Crippen LogP contribution in [-0.2, 0) is 5.60 Å². The maximum atomic E-state index is 11.4. The van der Waals surface area contributed by atoms with Crippen LogP contribution in [0.2, 0.25) is 0 Å². The molecule has 0 bridgehead atoms. The molecule has 0 heterocycles. The first-order valence-corrected chi connectivity index (χ1v) is 7.68. The van der Waals surface area contributed by atoms with Crippen LogP contribution >= 0.6 is 0 Å². The number of benzene rings is 2. The Balaban J connectivity index is 2.01. The second kappa shape index (κ2) is 5.63. The monoisotopic (exact) mass is 281 g/mol. The highest BCUT2D eigenvalue weighted by Crippen LogP contribution is 2.33. The summed E-state index contributed by atoms with van der Waals surface area (Å²) in [6.07, 6.45) is 2.44. The molecule has 21 heavy (non-hydrogen) atoms. The lowest BCUT2D eigenvalue weighted by Crippen LogP contribution is -2.40. The lowest BCUT2D eigenvalue weighted by atomic mass is 9.83. The van der Waals surface area contributed by atoms with Gasteiger partial charge in [-0.15, -0.1) is 0 Å². The van der Waals surface area contributed by atoms with E-state index in [1.807, 2.05) is 30.3 Å². The number of aryl methyl sites for hydroxylation is 2. The summed E-state index contributed by atoms with van der Waals surface area (Å²) < 4.78 is 0. The van der Waals surface area contributed by atoms with E-state index < -0.39 is 5.60 Å². The summed E-state index contributed by atoms with van der Waals surface area (Å²) in [5.41, 5.74) is 3.33. The third-order valence-corrected chi connectivity index (χ3v) is 4.30. The molecule has 110 valence electrons. The molecule has 0 aromatic heterocycles. The molecule has 2 aromatic carbocycles. The molecule has 2 heteroatoms. The van der Waals surface area contributed by atoms with E-state index in [1.165, 1.54) is 18.4 Å². The summed E-state index contributed by atoms with van der Waals surface area (Å²) in [6, 6.07) is 16.8. The van der Waals surface area contributed by atoms with Crippen LogP contribution in [-0.4, -0.2) is 17.7 Å². The topological polar surface area (TPSA) is 32.3 Å². The SMILES string of the molecule is Cc1ccc(C(O)(CNC2CC2)c2ccccc2)c(C)c1. The average Bonchev–Trinajstić information content (AvgIpc) is 3.30.